The highest BCUT2D eigenvalue weighted by molar-refractivity contribution is 5.87. The molecule has 1 aromatic carbocycles. The highest BCUT2D eigenvalue weighted by Crippen LogP contribution is 2.22. The maximum atomic E-state index is 12.9. The summed E-state index contributed by atoms with van der Waals surface area (Å²) in [4.78, 5) is 32.2. The zero-order valence-corrected chi connectivity index (χ0v) is 15.9. The molecule has 28 heavy (non-hydrogen) atoms. The number of aromatic amines is 1. The molecule has 0 spiro atoms. The van der Waals surface area contributed by atoms with Crippen LogP contribution >= 0.6 is 0 Å². The molecule has 1 aliphatic heterocycles. The number of carbonyl (C=O) groups is 1. The summed E-state index contributed by atoms with van der Waals surface area (Å²) in [6, 6.07) is 8.05. The maximum Gasteiger partial charge on any atom is 0.242 e. The van der Waals surface area contributed by atoms with Crippen molar-refractivity contribution in [2.45, 2.75) is 6.04 Å². The van der Waals surface area contributed by atoms with Gasteiger partial charge in [0.05, 0.1) is 20.0 Å². The van der Waals surface area contributed by atoms with Crippen molar-refractivity contribution in [3.63, 3.8) is 0 Å². The summed E-state index contributed by atoms with van der Waals surface area (Å²) in [6.45, 7) is 2.30. The van der Waals surface area contributed by atoms with Crippen molar-refractivity contribution in [2.75, 3.05) is 45.2 Å². The van der Waals surface area contributed by atoms with Gasteiger partial charge in [-0.1, -0.05) is 12.1 Å². The molecule has 0 radical (unpaired) electrons. The number of nitrogens with one attached hydrogen (secondary N) is 2. The number of hydrogen-bond acceptors (Lipinski definition) is 7. The van der Waals surface area contributed by atoms with Gasteiger partial charge >= 0.3 is 0 Å². The van der Waals surface area contributed by atoms with Gasteiger partial charge in [-0.05, 0) is 17.7 Å². The van der Waals surface area contributed by atoms with Crippen LogP contribution in [0.4, 0.5) is 5.82 Å². The Morgan fingerprint density at radius 2 is 2.11 bits per heavy atom. The number of benzene rings is 1. The summed E-state index contributed by atoms with van der Waals surface area (Å²) in [6.07, 6.45) is 3.04. The van der Waals surface area contributed by atoms with Crippen LogP contribution in [-0.4, -0.2) is 71.1 Å². The minimum absolute atomic E-state index is 0.0637. The van der Waals surface area contributed by atoms with Gasteiger partial charge in [0.1, 0.15) is 17.6 Å². The largest absolute Gasteiger partial charge is 0.497 e. The van der Waals surface area contributed by atoms with Gasteiger partial charge in [0.25, 0.3) is 0 Å². The van der Waals surface area contributed by atoms with E-state index in [2.05, 4.69) is 25.3 Å². The first kappa shape index (κ1) is 18.2. The fourth-order valence-electron chi connectivity index (χ4n) is 3.46. The second-order valence-corrected chi connectivity index (χ2v) is 6.77. The molecule has 1 fully saturated rings. The number of amides is 1. The topological polar surface area (TPSA) is 99.3 Å². The number of likely N-dealkylation sites (N-methyl/N-ethyl adjacent to an activating group) is 1. The fraction of sp³-hybridized carbons (Fsp3) is 0.368. The summed E-state index contributed by atoms with van der Waals surface area (Å²) < 4.78 is 5.22. The number of methoxy groups -OCH3 is 1. The molecule has 3 aromatic rings. The van der Waals surface area contributed by atoms with Crippen molar-refractivity contribution in [2.24, 2.45) is 0 Å². The summed E-state index contributed by atoms with van der Waals surface area (Å²) >= 11 is 0. The first-order valence-electron chi connectivity index (χ1n) is 9.16. The van der Waals surface area contributed by atoms with Crippen molar-refractivity contribution in [1.82, 2.24) is 30.2 Å². The second kappa shape index (κ2) is 7.81. The number of ether oxygens (including phenoxy) is 1. The number of anilines is 1. The molecular formula is C19H23N7O2. The first-order valence-corrected chi connectivity index (χ1v) is 9.16. The number of imidazole rings is 1. The summed E-state index contributed by atoms with van der Waals surface area (Å²) in [5.41, 5.74) is 2.46. The zero-order valence-electron chi connectivity index (χ0n) is 15.9. The number of piperazine rings is 1. The molecule has 0 aliphatic carbocycles. The SMILES string of the molecule is COc1ccc(C2CN(C(=O)CN(C)c3ncnc4nc[nH]c34)CCN2)cc1. The molecule has 1 saturated heterocycles. The molecule has 9 heteroatoms. The Balaban J connectivity index is 1.43. The smallest absolute Gasteiger partial charge is 0.242 e. The molecule has 1 unspecified atom stereocenters. The van der Waals surface area contributed by atoms with Gasteiger partial charge in [0.15, 0.2) is 11.5 Å². The van der Waals surface area contributed by atoms with Gasteiger partial charge in [-0.3, -0.25) is 4.79 Å². The van der Waals surface area contributed by atoms with E-state index in [1.165, 1.54) is 6.33 Å². The van der Waals surface area contributed by atoms with Crippen molar-refractivity contribution in [3.8, 4) is 5.75 Å². The number of H-pyrrole nitrogens is 1. The van der Waals surface area contributed by atoms with E-state index in [9.17, 15) is 4.79 Å². The van der Waals surface area contributed by atoms with Crippen LogP contribution in [0, 0.1) is 0 Å². The molecule has 146 valence electrons. The third kappa shape index (κ3) is 3.61. The predicted molar refractivity (Wildman–Crippen MR) is 105 cm³/mol. The lowest BCUT2D eigenvalue weighted by Crippen LogP contribution is -2.50. The third-order valence-electron chi connectivity index (χ3n) is 4.98. The molecule has 1 amide bonds. The van der Waals surface area contributed by atoms with Crippen molar-refractivity contribution < 1.29 is 9.53 Å². The van der Waals surface area contributed by atoms with Crippen LogP contribution in [0.3, 0.4) is 0 Å². The highest BCUT2D eigenvalue weighted by Gasteiger charge is 2.25. The predicted octanol–water partition coefficient (Wildman–Crippen LogP) is 0.971. The number of nitrogens with zero attached hydrogens (tertiary/aromatic N) is 5. The third-order valence-corrected chi connectivity index (χ3v) is 4.98. The lowest BCUT2D eigenvalue weighted by molar-refractivity contribution is -0.130. The zero-order chi connectivity index (χ0) is 19.5. The van der Waals surface area contributed by atoms with E-state index in [1.54, 1.807) is 13.4 Å². The Bertz CT molecular complexity index is 956. The molecule has 3 heterocycles. The van der Waals surface area contributed by atoms with Gasteiger partial charge in [-0.25, -0.2) is 15.0 Å². The minimum atomic E-state index is 0.0637. The van der Waals surface area contributed by atoms with Gasteiger partial charge in [0, 0.05) is 32.7 Å². The summed E-state index contributed by atoms with van der Waals surface area (Å²) in [5.74, 6) is 1.55. The van der Waals surface area contributed by atoms with Crippen LogP contribution < -0.4 is 15.0 Å². The fourth-order valence-corrected chi connectivity index (χ4v) is 3.46. The van der Waals surface area contributed by atoms with E-state index in [0.29, 0.717) is 24.6 Å². The Labute approximate surface area is 162 Å². The average Bonchev–Trinajstić information content (AvgIpc) is 3.22. The van der Waals surface area contributed by atoms with Crippen LogP contribution in [0.15, 0.2) is 36.9 Å². The molecule has 2 N–H and O–H groups in total. The molecule has 1 atom stereocenters. The Morgan fingerprint density at radius 1 is 1.29 bits per heavy atom. The van der Waals surface area contributed by atoms with E-state index in [4.69, 9.17) is 4.74 Å². The lowest BCUT2D eigenvalue weighted by atomic mass is 10.0. The van der Waals surface area contributed by atoms with Gasteiger partial charge in [-0.2, -0.15) is 0 Å². The Kier molecular flexibility index (Phi) is 5.07. The van der Waals surface area contributed by atoms with Gasteiger partial charge in [0.2, 0.25) is 5.91 Å². The number of aromatic nitrogens is 4. The van der Waals surface area contributed by atoms with Crippen molar-refractivity contribution >= 4 is 22.9 Å². The number of rotatable bonds is 5. The highest BCUT2D eigenvalue weighted by atomic mass is 16.5. The van der Waals surface area contributed by atoms with Crippen LogP contribution in [0.25, 0.3) is 11.2 Å². The Hall–Kier alpha value is -3.20. The van der Waals surface area contributed by atoms with E-state index in [1.807, 2.05) is 41.1 Å². The number of fused-ring (bicyclic) bond motifs is 1. The maximum absolute atomic E-state index is 12.9. The van der Waals surface area contributed by atoms with Crippen molar-refractivity contribution in [3.05, 3.63) is 42.5 Å². The molecule has 1 aliphatic rings. The second-order valence-electron chi connectivity index (χ2n) is 6.77. The normalized spacial score (nSPS) is 16.9. The molecule has 2 aromatic heterocycles. The van der Waals surface area contributed by atoms with Crippen molar-refractivity contribution in [1.29, 1.82) is 0 Å². The first-order chi connectivity index (χ1) is 13.7. The monoisotopic (exact) mass is 381 g/mol. The lowest BCUT2D eigenvalue weighted by Gasteiger charge is -2.35. The average molecular weight is 381 g/mol. The van der Waals surface area contributed by atoms with E-state index in [0.717, 1.165) is 23.4 Å². The van der Waals surface area contributed by atoms with Gasteiger partial charge < -0.3 is 24.8 Å². The molecular weight excluding hydrogens is 358 g/mol. The van der Waals surface area contributed by atoms with Crippen LogP contribution in [-0.2, 0) is 4.79 Å². The molecule has 4 rings (SSSR count). The van der Waals surface area contributed by atoms with E-state index in [-0.39, 0.29) is 18.5 Å². The number of hydrogen-bond donors (Lipinski definition) is 2. The van der Waals surface area contributed by atoms with Crippen LogP contribution in [0.1, 0.15) is 11.6 Å². The minimum Gasteiger partial charge on any atom is -0.497 e. The quantitative estimate of drug-likeness (QED) is 0.679. The van der Waals surface area contributed by atoms with E-state index >= 15 is 0 Å². The standard InChI is InChI=1S/C19H23N7O2/c1-25(19-17-18(22-11-21-17)23-12-24-19)10-16(27)26-8-7-20-15(9-26)13-3-5-14(28-2)6-4-13/h3-6,11-12,15,20H,7-10H2,1-2H3,(H,21,22,23,24). The summed E-state index contributed by atoms with van der Waals surface area (Å²) in [5, 5.41) is 3.48. The number of carbonyl (C=O) groups excluding carboxylic acids is 1. The van der Waals surface area contributed by atoms with Gasteiger partial charge in [-0.15, -0.1) is 0 Å². The molecule has 0 saturated carbocycles. The van der Waals surface area contributed by atoms with Crippen LogP contribution in [0.2, 0.25) is 0 Å². The Morgan fingerprint density at radius 3 is 2.89 bits per heavy atom. The molecule has 0 bridgehead atoms. The molecule has 9 nitrogen and oxygen atoms in total. The van der Waals surface area contributed by atoms with Crippen LogP contribution in [0.5, 0.6) is 5.75 Å². The van der Waals surface area contributed by atoms with E-state index < -0.39 is 0 Å². The summed E-state index contributed by atoms with van der Waals surface area (Å²) in [7, 11) is 3.50.